The molecule has 0 radical (unpaired) electrons. The molecule has 0 N–H and O–H groups in total. The van der Waals surface area contributed by atoms with E-state index in [-0.39, 0.29) is 12.4 Å². The summed E-state index contributed by atoms with van der Waals surface area (Å²) in [5.74, 6) is -0.262. The van der Waals surface area contributed by atoms with E-state index < -0.39 is 6.29 Å². The average molecular weight is 208 g/mol. The van der Waals surface area contributed by atoms with Gasteiger partial charge >= 0.3 is 5.97 Å². The second kappa shape index (κ2) is 6.19. The summed E-state index contributed by atoms with van der Waals surface area (Å²) in [6.45, 7) is 4.12. The van der Waals surface area contributed by atoms with Crippen LogP contribution in [0.15, 0.2) is 30.3 Å². The van der Waals surface area contributed by atoms with Crippen LogP contribution < -0.4 is 0 Å². The van der Waals surface area contributed by atoms with Crippen LogP contribution in [-0.4, -0.2) is 18.9 Å². The first-order valence-electron chi connectivity index (χ1n) is 5.07. The van der Waals surface area contributed by atoms with Crippen molar-refractivity contribution in [1.29, 1.82) is 0 Å². The lowest BCUT2D eigenvalue weighted by Crippen LogP contribution is -2.19. The third kappa shape index (κ3) is 4.61. The molecule has 3 nitrogen and oxygen atoms in total. The number of hydrogen-bond acceptors (Lipinski definition) is 3. The molecule has 0 aliphatic carbocycles. The van der Waals surface area contributed by atoms with E-state index in [1.807, 2.05) is 37.3 Å². The first kappa shape index (κ1) is 11.7. The van der Waals surface area contributed by atoms with Crippen molar-refractivity contribution in [3.05, 3.63) is 35.9 Å². The van der Waals surface area contributed by atoms with Gasteiger partial charge in [0.2, 0.25) is 0 Å². The smallest absolute Gasteiger partial charge is 0.312 e. The molecule has 1 rings (SSSR count). The second-order valence-corrected chi connectivity index (χ2v) is 3.18. The summed E-state index contributed by atoms with van der Waals surface area (Å²) < 4.78 is 10.1. The molecule has 0 bridgehead atoms. The predicted molar refractivity (Wildman–Crippen MR) is 57.3 cm³/mol. The summed E-state index contributed by atoms with van der Waals surface area (Å²) in [7, 11) is 0. The Kier molecular flexibility index (Phi) is 4.84. The Morgan fingerprint density at radius 3 is 2.60 bits per heavy atom. The summed E-state index contributed by atoms with van der Waals surface area (Å²) in [5, 5.41) is 0. The fourth-order valence-electron chi connectivity index (χ4n) is 1.26. The van der Waals surface area contributed by atoms with Gasteiger partial charge < -0.3 is 9.47 Å². The average Bonchev–Trinajstić information content (AvgIpc) is 2.19. The van der Waals surface area contributed by atoms with Gasteiger partial charge in [0.15, 0.2) is 6.29 Å². The maximum atomic E-state index is 11.4. The molecule has 0 fully saturated rings. The van der Waals surface area contributed by atoms with Crippen LogP contribution in [0.2, 0.25) is 0 Å². The molecule has 3 heteroatoms. The van der Waals surface area contributed by atoms with E-state index >= 15 is 0 Å². The minimum atomic E-state index is -0.466. The van der Waals surface area contributed by atoms with Gasteiger partial charge in [0.05, 0.1) is 6.42 Å². The van der Waals surface area contributed by atoms with Crippen LogP contribution in [0.4, 0.5) is 0 Å². The van der Waals surface area contributed by atoms with Gasteiger partial charge in [0.25, 0.3) is 0 Å². The number of benzene rings is 1. The van der Waals surface area contributed by atoms with Gasteiger partial charge in [-0.25, -0.2) is 0 Å². The number of rotatable bonds is 5. The lowest BCUT2D eigenvalue weighted by molar-refractivity contribution is -0.172. The molecule has 0 heterocycles. The highest BCUT2D eigenvalue weighted by Crippen LogP contribution is 2.03. The molecule has 0 saturated heterocycles. The Balaban J connectivity index is 2.36. The van der Waals surface area contributed by atoms with Crippen LogP contribution >= 0.6 is 0 Å². The highest BCUT2D eigenvalue weighted by atomic mass is 16.7. The fourth-order valence-corrected chi connectivity index (χ4v) is 1.26. The molecule has 1 unspecified atom stereocenters. The summed E-state index contributed by atoms with van der Waals surface area (Å²) >= 11 is 0. The fraction of sp³-hybridized carbons (Fsp3) is 0.417. The molecule has 82 valence electrons. The molecule has 0 aromatic heterocycles. The summed E-state index contributed by atoms with van der Waals surface area (Å²) in [6.07, 6.45) is -0.177. The molecule has 0 saturated carbocycles. The van der Waals surface area contributed by atoms with Gasteiger partial charge in [0, 0.05) is 6.61 Å². The van der Waals surface area contributed by atoms with E-state index in [0.29, 0.717) is 6.61 Å². The maximum Gasteiger partial charge on any atom is 0.312 e. The van der Waals surface area contributed by atoms with Crippen molar-refractivity contribution in [2.45, 2.75) is 26.6 Å². The van der Waals surface area contributed by atoms with Gasteiger partial charge in [-0.05, 0) is 19.4 Å². The number of ether oxygens (including phenoxy) is 2. The van der Waals surface area contributed by atoms with Crippen LogP contribution in [-0.2, 0) is 20.7 Å². The molecule has 0 aliphatic heterocycles. The molecule has 0 spiro atoms. The normalized spacial score (nSPS) is 12.1. The summed E-state index contributed by atoms with van der Waals surface area (Å²) in [4.78, 5) is 11.4. The quantitative estimate of drug-likeness (QED) is 0.549. The second-order valence-electron chi connectivity index (χ2n) is 3.18. The minimum Gasteiger partial charge on any atom is -0.436 e. The van der Waals surface area contributed by atoms with Crippen molar-refractivity contribution in [3.8, 4) is 0 Å². The van der Waals surface area contributed by atoms with Gasteiger partial charge in [-0.3, -0.25) is 4.79 Å². The van der Waals surface area contributed by atoms with Crippen molar-refractivity contribution in [2.75, 3.05) is 6.61 Å². The SMILES string of the molecule is CCOC(C)OC(=O)Cc1ccccc1. The van der Waals surface area contributed by atoms with Crippen molar-refractivity contribution in [2.24, 2.45) is 0 Å². The van der Waals surface area contributed by atoms with E-state index in [1.54, 1.807) is 6.92 Å². The molecule has 0 aliphatic rings. The highest BCUT2D eigenvalue weighted by molar-refractivity contribution is 5.72. The maximum absolute atomic E-state index is 11.4. The lowest BCUT2D eigenvalue weighted by atomic mass is 10.2. The standard InChI is InChI=1S/C12H16O3/c1-3-14-10(2)15-12(13)9-11-7-5-4-6-8-11/h4-8,10H,3,9H2,1-2H3. The Morgan fingerprint density at radius 1 is 1.33 bits per heavy atom. The Hall–Kier alpha value is -1.35. The number of esters is 1. The van der Waals surface area contributed by atoms with Crippen molar-refractivity contribution >= 4 is 5.97 Å². The molecule has 1 aromatic rings. The number of hydrogen-bond donors (Lipinski definition) is 0. The van der Waals surface area contributed by atoms with E-state index in [9.17, 15) is 4.79 Å². The molecular formula is C12H16O3. The molecule has 0 amide bonds. The third-order valence-electron chi connectivity index (χ3n) is 1.89. The predicted octanol–water partition coefficient (Wildman–Crippen LogP) is 2.15. The Labute approximate surface area is 90.0 Å². The minimum absolute atomic E-state index is 0.262. The zero-order chi connectivity index (χ0) is 11.1. The van der Waals surface area contributed by atoms with Crippen molar-refractivity contribution in [1.82, 2.24) is 0 Å². The Bertz CT molecular complexity index is 295. The molecule has 1 atom stereocenters. The molecule has 15 heavy (non-hydrogen) atoms. The van der Waals surface area contributed by atoms with Gasteiger partial charge in [-0.1, -0.05) is 30.3 Å². The van der Waals surface area contributed by atoms with Gasteiger partial charge in [-0.15, -0.1) is 0 Å². The monoisotopic (exact) mass is 208 g/mol. The van der Waals surface area contributed by atoms with Crippen LogP contribution in [0.3, 0.4) is 0 Å². The van der Waals surface area contributed by atoms with E-state index in [1.165, 1.54) is 0 Å². The first-order valence-corrected chi connectivity index (χ1v) is 5.07. The molecule has 1 aromatic carbocycles. The van der Waals surface area contributed by atoms with Crippen LogP contribution in [0.5, 0.6) is 0 Å². The number of carbonyl (C=O) groups is 1. The van der Waals surface area contributed by atoms with E-state index in [4.69, 9.17) is 9.47 Å². The highest BCUT2D eigenvalue weighted by Gasteiger charge is 2.09. The van der Waals surface area contributed by atoms with Crippen LogP contribution in [0.25, 0.3) is 0 Å². The van der Waals surface area contributed by atoms with E-state index in [0.717, 1.165) is 5.56 Å². The van der Waals surface area contributed by atoms with Crippen molar-refractivity contribution in [3.63, 3.8) is 0 Å². The summed E-state index contributed by atoms with van der Waals surface area (Å²) in [6, 6.07) is 9.50. The lowest BCUT2D eigenvalue weighted by Gasteiger charge is -2.12. The Morgan fingerprint density at radius 2 is 2.00 bits per heavy atom. The van der Waals surface area contributed by atoms with Crippen molar-refractivity contribution < 1.29 is 14.3 Å². The third-order valence-corrected chi connectivity index (χ3v) is 1.89. The van der Waals surface area contributed by atoms with E-state index in [2.05, 4.69) is 0 Å². The summed E-state index contributed by atoms with van der Waals surface area (Å²) in [5.41, 5.74) is 0.950. The first-order chi connectivity index (χ1) is 7.22. The van der Waals surface area contributed by atoms with Gasteiger partial charge in [-0.2, -0.15) is 0 Å². The van der Waals surface area contributed by atoms with Crippen LogP contribution in [0, 0.1) is 0 Å². The topological polar surface area (TPSA) is 35.5 Å². The van der Waals surface area contributed by atoms with Gasteiger partial charge in [0.1, 0.15) is 0 Å². The molecular weight excluding hydrogens is 192 g/mol. The van der Waals surface area contributed by atoms with Crippen LogP contribution in [0.1, 0.15) is 19.4 Å². The zero-order valence-corrected chi connectivity index (χ0v) is 9.10. The zero-order valence-electron chi connectivity index (χ0n) is 9.10. The largest absolute Gasteiger partial charge is 0.436 e. The number of carbonyl (C=O) groups excluding carboxylic acids is 1.